The van der Waals surface area contributed by atoms with Gasteiger partial charge in [0.2, 0.25) is 5.95 Å². The van der Waals surface area contributed by atoms with E-state index in [2.05, 4.69) is 37.5 Å². The van der Waals surface area contributed by atoms with E-state index in [1.807, 2.05) is 24.3 Å². The molecular formula is C14H14N6. The monoisotopic (exact) mass is 266 g/mol. The van der Waals surface area contributed by atoms with Crippen molar-refractivity contribution in [2.24, 2.45) is 0 Å². The molecule has 6 heteroatoms. The normalized spacial score (nSPS) is 10.5. The molecule has 6 nitrogen and oxygen atoms in total. The van der Waals surface area contributed by atoms with Crippen LogP contribution in [0.3, 0.4) is 0 Å². The Bertz CT molecular complexity index is 738. The van der Waals surface area contributed by atoms with Crippen molar-refractivity contribution < 1.29 is 0 Å². The smallest absolute Gasteiger partial charge is 0.226 e. The molecule has 0 saturated carbocycles. The first-order valence-electron chi connectivity index (χ1n) is 6.26. The van der Waals surface area contributed by atoms with Crippen LogP contribution in [0.2, 0.25) is 0 Å². The number of aryl methyl sites for hydroxylation is 1. The van der Waals surface area contributed by atoms with Gasteiger partial charge < -0.3 is 10.6 Å². The molecule has 0 atom stereocenters. The Kier molecular flexibility index (Phi) is 3.12. The number of nitrogens with one attached hydrogen (secondary N) is 2. The van der Waals surface area contributed by atoms with Gasteiger partial charge in [-0.25, -0.2) is 9.97 Å². The van der Waals surface area contributed by atoms with E-state index >= 15 is 0 Å². The van der Waals surface area contributed by atoms with E-state index in [0.717, 1.165) is 5.69 Å². The van der Waals surface area contributed by atoms with Crippen molar-refractivity contribution in [1.82, 2.24) is 19.9 Å². The molecule has 100 valence electrons. The maximum Gasteiger partial charge on any atom is 0.226 e. The lowest BCUT2D eigenvalue weighted by atomic mass is 10.2. The third-order valence-corrected chi connectivity index (χ3v) is 2.87. The van der Waals surface area contributed by atoms with Crippen LogP contribution in [0.1, 0.15) is 5.56 Å². The summed E-state index contributed by atoms with van der Waals surface area (Å²) in [5, 5.41) is 6.18. The van der Waals surface area contributed by atoms with Crippen molar-refractivity contribution in [3.05, 3.63) is 42.2 Å². The van der Waals surface area contributed by atoms with Gasteiger partial charge in [0.1, 0.15) is 0 Å². The second-order valence-electron chi connectivity index (χ2n) is 4.37. The predicted octanol–water partition coefficient (Wildman–Crippen LogP) is 2.51. The lowest BCUT2D eigenvalue weighted by molar-refractivity contribution is 1.14. The zero-order valence-electron chi connectivity index (χ0n) is 11.3. The van der Waals surface area contributed by atoms with Crippen molar-refractivity contribution in [3.63, 3.8) is 0 Å². The molecule has 0 aliphatic carbocycles. The molecule has 2 N–H and O–H groups in total. The zero-order valence-corrected chi connectivity index (χ0v) is 11.3. The molecule has 0 aliphatic rings. The van der Waals surface area contributed by atoms with Gasteiger partial charge in [-0.2, -0.15) is 9.97 Å². The van der Waals surface area contributed by atoms with E-state index in [0.29, 0.717) is 22.9 Å². The van der Waals surface area contributed by atoms with Gasteiger partial charge in [-0.05, 0) is 19.1 Å². The average molecular weight is 266 g/mol. The van der Waals surface area contributed by atoms with Crippen LogP contribution in [-0.4, -0.2) is 27.0 Å². The maximum absolute atomic E-state index is 4.40. The molecule has 0 spiro atoms. The fourth-order valence-electron chi connectivity index (χ4n) is 1.84. The highest BCUT2D eigenvalue weighted by Crippen LogP contribution is 2.22. The predicted molar refractivity (Wildman–Crippen MR) is 79.1 cm³/mol. The Morgan fingerprint density at radius 1 is 0.950 bits per heavy atom. The summed E-state index contributed by atoms with van der Waals surface area (Å²) < 4.78 is 0. The van der Waals surface area contributed by atoms with Gasteiger partial charge in [0.15, 0.2) is 17.0 Å². The molecule has 3 aromatic rings. The van der Waals surface area contributed by atoms with Crippen LogP contribution in [0.15, 0.2) is 36.7 Å². The van der Waals surface area contributed by atoms with Crippen molar-refractivity contribution in [2.75, 3.05) is 17.7 Å². The number of fused-ring (bicyclic) bond motifs is 1. The van der Waals surface area contributed by atoms with Gasteiger partial charge in [-0.1, -0.05) is 17.7 Å². The Morgan fingerprint density at radius 3 is 2.45 bits per heavy atom. The molecule has 0 saturated heterocycles. The highest BCUT2D eigenvalue weighted by molar-refractivity contribution is 5.85. The summed E-state index contributed by atoms with van der Waals surface area (Å²) in [6.07, 6.45) is 3.25. The summed E-state index contributed by atoms with van der Waals surface area (Å²) in [5.74, 6) is 1.14. The maximum atomic E-state index is 4.40. The van der Waals surface area contributed by atoms with Gasteiger partial charge in [-0.3, -0.25) is 0 Å². The quantitative estimate of drug-likeness (QED) is 0.758. The molecule has 0 aliphatic heterocycles. The van der Waals surface area contributed by atoms with Crippen LogP contribution < -0.4 is 10.6 Å². The van der Waals surface area contributed by atoms with Gasteiger partial charge >= 0.3 is 0 Å². The Labute approximate surface area is 116 Å². The topological polar surface area (TPSA) is 75.6 Å². The molecule has 2 aromatic heterocycles. The van der Waals surface area contributed by atoms with Gasteiger partial charge in [0.25, 0.3) is 0 Å². The van der Waals surface area contributed by atoms with Gasteiger partial charge in [0.05, 0.1) is 0 Å². The van der Waals surface area contributed by atoms with Crippen LogP contribution in [0, 0.1) is 6.92 Å². The third-order valence-electron chi connectivity index (χ3n) is 2.87. The molecule has 1 aromatic carbocycles. The summed E-state index contributed by atoms with van der Waals surface area (Å²) in [4.78, 5) is 17.2. The number of aromatic nitrogens is 4. The number of anilines is 3. The molecule has 0 bridgehead atoms. The fraction of sp³-hybridized carbons (Fsp3) is 0.143. The van der Waals surface area contributed by atoms with Crippen molar-refractivity contribution in [1.29, 1.82) is 0 Å². The lowest BCUT2D eigenvalue weighted by Gasteiger charge is -2.09. The Morgan fingerprint density at radius 2 is 1.70 bits per heavy atom. The van der Waals surface area contributed by atoms with E-state index in [9.17, 15) is 0 Å². The van der Waals surface area contributed by atoms with Crippen molar-refractivity contribution in [3.8, 4) is 0 Å². The molecule has 0 fully saturated rings. The van der Waals surface area contributed by atoms with Gasteiger partial charge in [0, 0.05) is 25.1 Å². The van der Waals surface area contributed by atoms with Crippen LogP contribution in [-0.2, 0) is 0 Å². The van der Waals surface area contributed by atoms with E-state index in [-0.39, 0.29) is 0 Å². The highest BCUT2D eigenvalue weighted by atomic mass is 15.2. The minimum atomic E-state index is 0.507. The summed E-state index contributed by atoms with van der Waals surface area (Å²) in [5.41, 5.74) is 3.36. The van der Waals surface area contributed by atoms with E-state index in [4.69, 9.17) is 0 Å². The summed E-state index contributed by atoms with van der Waals surface area (Å²) in [6.45, 7) is 2.05. The van der Waals surface area contributed by atoms with Crippen molar-refractivity contribution >= 4 is 28.6 Å². The fourth-order valence-corrected chi connectivity index (χ4v) is 1.84. The number of hydrogen-bond donors (Lipinski definition) is 2. The average Bonchev–Trinajstić information content (AvgIpc) is 2.49. The second-order valence-corrected chi connectivity index (χ2v) is 4.37. The number of nitrogens with zero attached hydrogens (tertiary/aromatic N) is 4. The molecule has 20 heavy (non-hydrogen) atoms. The number of rotatable bonds is 3. The van der Waals surface area contributed by atoms with Crippen LogP contribution >= 0.6 is 0 Å². The van der Waals surface area contributed by atoms with Crippen LogP contribution in [0.5, 0.6) is 0 Å². The second kappa shape index (κ2) is 5.08. The largest absolute Gasteiger partial charge is 0.357 e. The summed E-state index contributed by atoms with van der Waals surface area (Å²) >= 11 is 0. The molecule has 0 unspecified atom stereocenters. The molecule has 0 amide bonds. The minimum Gasteiger partial charge on any atom is -0.357 e. The molecule has 3 rings (SSSR count). The molecular weight excluding hydrogens is 252 g/mol. The number of benzene rings is 1. The Balaban J connectivity index is 2.07. The number of hydrogen-bond acceptors (Lipinski definition) is 6. The standard InChI is InChI=1S/C14H14N6/c1-9-3-5-10(6-4-9)18-13-11-12(17-8-7-16-11)19-14(15-2)20-13/h3-8H,1-2H3,(H2,15,17,18,19,20). The molecule has 0 radical (unpaired) electrons. The molecule has 2 heterocycles. The minimum absolute atomic E-state index is 0.507. The zero-order chi connectivity index (χ0) is 13.9. The first kappa shape index (κ1) is 12.3. The van der Waals surface area contributed by atoms with E-state index in [1.165, 1.54) is 5.56 Å². The first-order chi connectivity index (χ1) is 9.76. The van der Waals surface area contributed by atoms with Gasteiger partial charge in [-0.15, -0.1) is 0 Å². The van der Waals surface area contributed by atoms with Crippen molar-refractivity contribution in [2.45, 2.75) is 6.92 Å². The summed E-state index contributed by atoms with van der Waals surface area (Å²) in [6, 6.07) is 8.07. The highest BCUT2D eigenvalue weighted by Gasteiger charge is 2.09. The SMILES string of the molecule is CNc1nc(Nc2ccc(C)cc2)c2nccnc2n1. The third kappa shape index (κ3) is 2.35. The van der Waals surface area contributed by atoms with E-state index < -0.39 is 0 Å². The first-order valence-corrected chi connectivity index (χ1v) is 6.26. The Hall–Kier alpha value is -2.76. The summed E-state index contributed by atoms with van der Waals surface area (Å²) in [7, 11) is 1.77. The lowest BCUT2D eigenvalue weighted by Crippen LogP contribution is -2.03. The van der Waals surface area contributed by atoms with Crippen LogP contribution in [0.4, 0.5) is 17.5 Å². The van der Waals surface area contributed by atoms with Crippen LogP contribution in [0.25, 0.3) is 11.2 Å². The van der Waals surface area contributed by atoms with E-state index in [1.54, 1.807) is 19.4 Å².